The number of hydrogen-bond donors (Lipinski definition) is 2. The molecule has 0 unspecified atom stereocenters. The fourth-order valence-electron chi connectivity index (χ4n) is 2.67. The molecule has 2 amide bonds. The molecule has 0 heterocycles. The van der Waals surface area contributed by atoms with Crippen molar-refractivity contribution in [3.05, 3.63) is 62.1 Å². The van der Waals surface area contributed by atoms with Gasteiger partial charge in [-0.05, 0) is 43.2 Å². The average Bonchev–Trinajstić information content (AvgIpc) is 3.48. The quantitative estimate of drug-likeness (QED) is 0.500. The molecule has 8 nitrogen and oxygen atoms in total. The zero-order valence-electron chi connectivity index (χ0n) is 15.4. The Morgan fingerprint density at radius 2 is 1.90 bits per heavy atom. The smallest absolute Gasteiger partial charge is 0.293 e. The third kappa shape index (κ3) is 5.36. The SMILES string of the molecule is CN(CC(=O)Nc1ccc(Cl)c(Cl)c1)C(=O)c1ccc(NC2CC2)c([N+](=O)[O-])c1. The van der Waals surface area contributed by atoms with E-state index < -0.39 is 16.7 Å². The van der Waals surface area contributed by atoms with E-state index in [0.717, 1.165) is 12.8 Å². The maximum absolute atomic E-state index is 12.6. The van der Waals surface area contributed by atoms with Crippen molar-refractivity contribution in [1.82, 2.24) is 4.90 Å². The lowest BCUT2D eigenvalue weighted by molar-refractivity contribution is -0.384. The van der Waals surface area contributed by atoms with Crippen molar-refractivity contribution in [2.75, 3.05) is 24.2 Å². The Kier molecular flexibility index (Phi) is 6.24. The highest BCUT2D eigenvalue weighted by atomic mass is 35.5. The Hall–Kier alpha value is -2.84. The zero-order chi connectivity index (χ0) is 21.1. The second kappa shape index (κ2) is 8.67. The number of benzene rings is 2. The van der Waals surface area contributed by atoms with Gasteiger partial charge in [0.15, 0.2) is 0 Å². The van der Waals surface area contributed by atoms with Gasteiger partial charge in [-0.3, -0.25) is 19.7 Å². The van der Waals surface area contributed by atoms with Crippen LogP contribution in [0.2, 0.25) is 10.0 Å². The summed E-state index contributed by atoms with van der Waals surface area (Å²) >= 11 is 11.8. The summed E-state index contributed by atoms with van der Waals surface area (Å²) in [6.45, 7) is -0.241. The third-order valence-corrected chi connectivity index (χ3v) is 5.05. The van der Waals surface area contributed by atoms with Gasteiger partial charge in [0.25, 0.3) is 11.6 Å². The first-order valence-electron chi connectivity index (χ1n) is 8.80. The number of carbonyl (C=O) groups is 2. The minimum absolute atomic E-state index is 0.128. The molecule has 0 aliphatic heterocycles. The Bertz CT molecular complexity index is 979. The first-order chi connectivity index (χ1) is 13.7. The van der Waals surface area contributed by atoms with Crippen molar-refractivity contribution in [3.8, 4) is 0 Å². The number of carbonyl (C=O) groups excluding carboxylic acids is 2. The molecule has 10 heteroatoms. The first kappa shape index (κ1) is 20.9. The Morgan fingerprint density at radius 1 is 1.17 bits per heavy atom. The maximum Gasteiger partial charge on any atom is 0.293 e. The molecule has 3 rings (SSSR count). The lowest BCUT2D eigenvalue weighted by Crippen LogP contribution is -2.35. The number of amides is 2. The molecular weight excluding hydrogens is 419 g/mol. The van der Waals surface area contributed by atoms with Gasteiger partial charge < -0.3 is 15.5 Å². The van der Waals surface area contributed by atoms with E-state index in [1.54, 1.807) is 12.1 Å². The highest BCUT2D eigenvalue weighted by Gasteiger charge is 2.26. The lowest BCUT2D eigenvalue weighted by Gasteiger charge is -2.17. The van der Waals surface area contributed by atoms with Gasteiger partial charge in [0.2, 0.25) is 5.91 Å². The molecule has 0 radical (unpaired) electrons. The number of nitrogens with zero attached hydrogens (tertiary/aromatic N) is 2. The van der Waals surface area contributed by atoms with E-state index in [9.17, 15) is 19.7 Å². The van der Waals surface area contributed by atoms with Crippen LogP contribution in [0.25, 0.3) is 0 Å². The van der Waals surface area contributed by atoms with Crippen molar-refractivity contribution in [2.45, 2.75) is 18.9 Å². The molecule has 1 fully saturated rings. The summed E-state index contributed by atoms with van der Waals surface area (Å²) in [5.41, 5.74) is 0.782. The van der Waals surface area contributed by atoms with Crippen LogP contribution < -0.4 is 10.6 Å². The van der Waals surface area contributed by atoms with Crippen LogP contribution in [0.5, 0.6) is 0 Å². The minimum Gasteiger partial charge on any atom is -0.377 e. The van der Waals surface area contributed by atoms with Crippen LogP contribution in [-0.2, 0) is 4.79 Å². The fourth-order valence-corrected chi connectivity index (χ4v) is 2.97. The molecule has 1 saturated carbocycles. The zero-order valence-corrected chi connectivity index (χ0v) is 17.0. The molecule has 2 aromatic carbocycles. The lowest BCUT2D eigenvalue weighted by atomic mass is 10.1. The number of nitro benzene ring substituents is 1. The largest absolute Gasteiger partial charge is 0.377 e. The summed E-state index contributed by atoms with van der Waals surface area (Å²) < 4.78 is 0. The highest BCUT2D eigenvalue weighted by molar-refractivity contribution is 6.42. The number of nitro groups is 1. The Labute approximate surface area is 176 Å². The van der Waals surface area contributed by atoms with Crippen LogP contribution in [0.1, 0.15) is 23.2 Å². The van der Waals surface area contributed by atoms with Gasteiger partial charge in [-0.15, -0.1) is 0 Å². The van der Waals surface area contributed by atoms with Crippen molar-refractivity contribution >= 4 is 52.1 Å². The van der Waals surface area contributed by atoms with Crippen LogP contribution in [0.3, 0.4) is 0 Å². The topological polar surface area (TPSA) is 105 Å². The predicted molar refractivity (Wildman–Crippen MR) is 112 cm³/mol. The molecule has 0 spiro atoms. The van der Waals surface area contributed by atoms with E-state index in [1.807, 2.05) is 0 Å². The van der Waals surface area contributed by atoms with Gasteiger partial charge in [-0.1, -0.05) is 23.2 Å². The summed E-state index contributed by atoms with van der Waals surface area (Å²) in [7, 11) is 1.44. The van der Waals surface area contributed by atoms with Crippen molar-refractivity contribution in [3.63, 3.8) is 0 Å². The highest BCUT2D eigenvalue weighted by Crippen LogP contribution is 2.31. The van der Waals surface area contributed by atoms with Crippen LogP contribution in [0, 0.1) is 10.1 Å². The molecule has 1 aliphatic carbocycles. The standard InChI is InChI=1S/C19H18Cl2N4O4/c1-24(10-18(26)23-13-5-6-14(20)15(21)9-13)19(27)11-2-7-16(22-12-3-4-12)17(8-11)25(28)29/h2,5-9,12,22H,3-4,10H2,1H3,(H,23,26). The van der Waals surface area contributed by atoms with Gasteiger partial charge in [0.1, 0.15) is 5.69 Å². The Balaban J connectivity index is 1.67. The van der Waals surface area contributed by atoms with Crippen molar-refractivity contribution < 1.29 is 14.5 Å². The van der Waals surface area contributed by atoms with Gasteiger partial charge in [0.05, 0.1) is 21.5 Å². The molecule has 152 valence electrons. The predicted octanol–water partition coefficient (Wildman–Crippen LogP) is 4.19. The summed E-state index contributed by atoms with van der Waals surface area (Å²) in [5, 5.41) is 17.7. The van der Waals surface area contributed by atoms with E-state index in [1.165, 1.54) is 36.2 Å². The van der Waals surface area contributed by atoms with Gasteiger partial charge in [-0.25, -0.2) is 0 Å². The number of rotatable bonds is 7. The number of halogens is 2. The van der Waals surface area contributed by atoms with Gasteiger partial charge in [-0.2, -0.15) is 0 Å². The van der Waals surface area contributed by atoms with Gasteiger partial charge in [0, 0.05) is 30.4 Å². The summed E-state index contributed by atoms with van der Waals surface area (Å²) in [6, 6.07) is 9.12. The van der Waals surface area contributed by atoms with E-state index in [0.29, 0.717) is 21.4 Å². The second-order valence-corrected chi connectivity index (χ2v) is 7.56. The van der Waals surface area contributed by atoms with Crippen LogP contribution >= 0.6 is 23.2 Å². The maximum atomic E-state index is 12.6. The second-order valence-electron chi connectivity index (χ2n) is 6.75. The number of hydrogen-bond acceptors (Lipinski definition) is 5. The van der Waals surface area contributed by atoms with E-state index in [4.69, 9.17) is 23.2 Å². The van der Waals surface area contributed by atoms with Crippen LogP contribution in [-0.4, -0.2) is 41.3 Å². The summed E-state index contributed by atoms with van der Waals surface area (Å²) in [6.07, 6.45) is 1.93. The number of anilines is 2. The fraction of sp³-hybridized carbons (Fsp3) is 0.263. The molecule has 0 bridgehead atoms. The van der Waals surface area contributed by atoms with E-state index in [-0.39, 0.29) is 23.8 Å². The molecular formula is C19H18Cl2N4O4. The summed E-state index contributed by atoms with van der Waals surface area (Å²) in [5.74, 6) is -0.948. The van der Waals surface area contributed by atoms with E-state index >= 15 is 0 Å². The first-order valence-corrected chi connectivity index (χ1v) is 9.55. The van der Waals surface area contributed by atoms with E-state index in [2.05, 4.69) is 10.6 Å². The monoisotopic (exact) mass is 436 g/mol. The minimum atomic E-state index is -0.529. The molecule has 2 N–H and O–H groups in total. The number of likely N-dealkylation sites (N-methyl/N-ethyl adjacent to an activating group) is 1. The molecule has 0 saturated heterocycles. The molecule has 0 aromatic heterocycles. The molecule has 0 atom stereocenters. The Morgan fingerprint density at radius 3 is 2.52 bits per heavy atom. The van der Waals surface area contributed by atoms with Crippen LogP contribution in [0.4, 0.5) is 17.1 Å². The normalized spacial score (nSPS) is 12.9. The number of nitrogens with one attached hydrogen (secondary N) is 2. The van der Waals surface area contributed by atoms with Crippen LogP contribution in [0.15, 0.2) is 36.4 Å². The molecule has 2 aromatic rings. The average molecular weight is 437 g/mol. The van der Waals surface area contributed by atoms with Crippen molar-refractivity contribution in [2.24, 2.45) is 0 Å². The summed E-state index contributed by atoms with van der Waals surface area (Å²) in [4.78, 5) is 36.8. The third-order valence-electron chi connectivity index (χ3n) is 4.31. The molecule has 1 aliphatic rings. The van der Waals surface area contributed by atoms with Crippen molar-refractivity contribution in [1.29, 1.82) is 0 Å². The van der Waals surface area contributed by atoms with Gasteiger partial charge >= 0.3 is 0 Å². The molecule has 29 heavy (non-hydrogen) atoms.